The highest BCUT2D eigenvalue weighted by molar-refractivity contribution is 4.85. The van der Waals surface area contributed by atoms with Crippen molar-refractivity contribution in [2.24, 2.45) is 11.3 Å². The Hall–Kier alpha value is -0.120. The van der Waals surface area contributed by atoms with Gasteiger partial charge in [0.25, 0.3) is 0 Å². The molecule has 1 aliphatic carbocycles. The van der Waals surface area contributed by atoms with Gasteiger partial charge in [-0.3, -0.25) is 4.90 Å². The van der Waals surface area contributed by atoms with E-state index < -0.39 is 0 Å². The van der Waals surface area contributed by atoms with Crippen molar-refractivity contribution in [1.82, 2.24) is 15.1 Å². The molecule has 0 aromatic heterocycles. The molecule has 0 radical (unpaired) electrons. The van der Waals surface area contributed by atoms with E-state index in [2.05, 4.69) is 50.0 Å². The molecule has 3 nitrogen and oxygen atoms in total. The number of piperazine rings is 1. The van der Waals surface area contributed by atoms with Crippen LogP contribution in [0.15, 0.2) is 0 Å². The first-order valence-corrected chi connectivity index (χ1v) is 8.98. The molecule has 3 atom stereocenters. The fourth-order valence-electron chi connectivity index (χ4n) is 4.00. The fourth-order valence-corrected chi connectivity index (χ4v) is 4.00. The quantitative estimate of drug-likeness (QED) is 0.808. The molecule has 21 heavy (non-hydrogen) atoms. The summed E-state index contributed by atoms with van der Waals surface area (Å²) in [5, 5.41) is 3.89. The van der Waals surface area contributed by atoms with E-state index in [1.165, 1.54) is 51.7 Å². The zero-order valence-corrected chi connectivity index (χ0v) is 15.0. The lowest BCUT2D eigenvalue weighted by Crippen LogP contribution is -2.54. The van der Waals surface area contributed by atoms with Crippen molar-refractivity contribution < 1.29 is 0 Å². The zero-order valence-electron chi connectivity index (χ0n) is 15.0. The summed E-state index contributed by atoms with van der Waals surface area (Å²) in [4.78, 5) is 5.00. The fraction of sp³-hybridized carbons (Fsp3) is 1.00. The average Bonchev–Trinajstić information content (AvgIpc) is 2.65. The summed E-state index contributed by atoms with van der Waals surface area (Å²) in [5.74, 6) is 0.910. The Kier molecular flexibility index (Phi) is 6.10. The van der Waals surface area contributed by atoms with Gasteiger partial charge in [0, 0.05) is 38.3 Å². The number of nitrogens with one attached hydrogen (secondary N) is 1. The van der Waals surface area contributed by atoms with Gasteiger partial charge in [-0.1, -0.05) is 27.2 Å². The van der Waals surface area contributed by atoms with Gasteiger partial charge in [0.2, 0.25) is 0 Å². The van der Waals surface area contributed by atoms with E-state index in [1.807, 2.05) is 0 Å². The summed E-state index contributed by atoms with van der Waals surface area (Å²) in [5.41, 5.74) is 0.487. The normalized spacial score (nSPS) is 33.9. The second kappa shape index (κ2) is 7.43. The smallest absolute Gasteiger partial charge is 0.0345 e. The molecule has 0 spiro atoms. The minimum absolute atomic E-state index is 0.487. The van der Waals surface area contributed by atoms with Gasteiger partial charge in [0.1, 0.15) is 0 Å². The molecule has 2 aliphatic rings. The topological polar surface area (TPSA) is 18.5 Å². The van der Waals surface area contributed by atoms with Crippen LogP contribution in [0, 0.1) is 11.3 Å². The Morgan fingerprint density at radius 1 is 1.00 bits per heavy atom. The standard InChI is InChI=1S/C18H37N3/c1-18(2,3)15-7-6-8-16(10-9-15)19-13-17-14-20(4)11-12-21(17)5/h15-17,19H,6-14H2,1-5H3. The molecule has 1 aliphatic heterocycles. The van der Waals surface area contributed by atoms with Crippen molar-refractivity contribution in [2.45, 2.75) is 65.0 Å². The number of nitrogens with zero attached hydrogens (tertiary/aromatic N) is 2. The number of hydrogen-bond donors (Lipinski definition) is 1. The van der Waals surface area contributed by atoms with Crippen molar-refractivity contribution in [1.29, 1.82) is 0 Å². The van der Waals surface area contributed by atoms with Crippen LogP contribution in [0.4, 0.5) is 0 Å². The Balaban J connectivity index is 1.76. The monoisotopic (exact) mass is 295 g/mol. The van der Waals surface area contributed by atoms with Crippen LogP contribution >= 0.6 is 0 Å². The summed E-state index contributed by atoms with van der Waals surface area (Å²) in [6.45, 7) is 12.0. The molecule has 0 aromatic rings. The molecule has 0 bridgehead atoms. The van der Waals surface area contributed by atoms with E-state index >= 15 is 0 Å². The predicted molar refractivity (Wildman–Crippen MR) is 91.7 cm³/mol. The van der Waals surface area contributed by atoms with Crippen LogP contribution < -0.4 is 5.32 Å². The van der Waals surface area contributed by atoms with Crippen molar-refractivity contribution in [2.75, 3.05) is 40.3 Å². The lowest BCUT2D eigenvalue weighted by molar-refractivity contribution is 0.110. The molecule has 0 aromatic carbocycles. The number of likely N-dealkylation sites (N-methyl/N-ethyl adjacent to an activating group) is 2. The van der Waals surface area contributed by atoms with Crippen LogP contribution in [0.25, 0.3) is 0 Å². The van der Waals surface area contributed by atoms with Crippen LogP contribution in [-0.2, 0) is 0 Å². The summed E-state index contributed by atoms with van der Waals surface area (Å²) in [6.07, 6.45) is 6.97. The summed E-state index contributed by atoms with van der Waals surface area (Å²) >= 11 is 0. The van der Waals surface area contributed by atoms with Gasteiger partial charge < -0.3 is 10.2 Å². The van der Waals surface area contributed by atoms with E-state index in [1.54, 1.807) is 0 Å². The van der Waals surface area contributed by atoms with E-state index in [9.17, 15) is 0 Å². The first-order valence-electron chi connectivity index (χ1n) is 8.98. The molecule has 1 N–H and O–H groups in total. The van der Waals surface area contributed by atoms with Crippen LogP contribution in [0.5, 0.6) is 0 Å². The molecule has 0 amide bonds. The first-order chi connectivity index (χ1) is 9.86. The van der Waals surface area contributed by atoms with Gasteiger partial charge in [-0.25, -0.2) is 0 Å². The van der Waals surface area contributed by atoms with Crippen LogP contribution in [-0.4, -0.2) is 62.2 Å². The van der Waals surface area contributed by atoms with Crippen molar-refractivity contribution >= 4 is 0 Å². The van der Waals surface area contributed by atoms with Crippen LogP contribution in [0.1, 0.15) is 52.9 Å². The molecule has 2 fully saturated rings. The van der Waals surface area contributed by atoms with Gasteiger partial charge in [-0.2, -0.15) is 0 Å². The third-order valence-electron chi connectivity index (χ3n) is 5.82. The minimum Gasteiger partial charge on any atom is -0.312 e. The molecule has 1 saturated heterocycles. The van der Waals surface area contributed by atoms with Crippen molar-refractivity contribution in [3.8, 4) is 0 Å². The molecular weight excluding hydrogens is 258 g/mol. The molecule has 1 heterocycles. The maximum atomic E-state index is 3.89. The highest BCUT2D eigenvalue weighted by atomic mass is 15.3. The van der Waals surface area contributed by atoms with Crippen LogP contribution in [0.2, 0.25) is 0 Å². The lowest BCUT2D eigenvalue weighted by atomic mass is 9.76. The third kappa shape index (κ3) is 5.22. The van der Waals surface area contributed by atoms with Crippen molar-refractivity contribution in [3.63, 3.8) is 0 Å². The maximum Gasteiger partial charge on any atom is 0.0345 e. The Labute approximate surface area is 132 Å². The highest BCUT2D eigenvalue weighted by Crippen LogP contribution is 2.36. The van der Waals surface area contributed by atoms with E-state index in [4.69, 9.17) is 0 Å². The molecule has 124 valence electrons. The third-order valence-corrected chi connectivity index (χ3v) is 5.82. The zero-order chi connectivity index (χ0) is 15.5. The largest absolute Gasteiger partial charge is 0.312 e. The predicted octanol–water partition coefficient (Wildman–Crippen LogP) is 2.82. The summed E-state index contributed by atoms with van der Waals surface area (Å²) in [6, 6.07) is 1.43. The van der Waals surface area contributed by atoms with E-state index in [0.717, 1.165) is 18.5 Å². The lowest BCUT2D eigenvalue weighted by Gasteiger charge is -2.38. The Morgan fingerprint density at radius 2 is 1.76 bits per heavy atom. The molecule has 2 rings (SSSR count). The van der Waals surface area contributed by atoms with Gasteiger partial charge in [0.05, 0.1) is 0 Å². The van der Waals surface area contributed by atoms with Gasteiger partial charge in [0.15, 0.2) is 0 Å². The number of hydrogen-bond acceptors (Lipinski definition) is 3. The van der Waals surface area contributed by atoms with E-state index in [-0.39, 0.29) is 0 Å². The summed E-state index contributed by atoms with van der Waals surface area (Å²) in [7, 11) is 4.53. The minimum atomic E-state index is 0.487. The highest BCUT2D eigenvalue weighted by Gasteiger charge is 2.28. The van der Waals surface area contributed by atoms with Gasteiger partial charge in [-0.05, 0) is 51.1 Å². The molecule has 3 unspecified atom stereocenters. The SMILES string of the molecule is CN1CCN(C)C(CNC2CCCC(C(C)(C)C)CC2)C1. The average molecular weight is 296 g/mol. The molecule has 3 heteroatoms. The van der Waals surface area contributed by atoms with Gasteiger partial charge >= 0.3 is 0 Å². The van der Waals surface area contributed by atoms with Crippen molar-refractivity contribution in [3.05, 3.63) is 0 Å². The second-order valence-electron chi connectivity index (χ2n) is 8.57. The van der Waals surface area contributed by atoms with Crippen LogP contribution in [0.3, 0.4) is 0 Å². The summed E-state index contributed by atoms with van der Waals surface area (Å²) < 4.78 is 0. The number of rotatable bonds is 3. The maximum absolute atomic E-state index is 3.89. The van der Waals surface area contributed by atoms with E-state index in [0.29, 0.717) is 11.5 Å². The first kappa shape index (κ1) is 17.2. The Morgan fingerprint density at radius 3 is 2.48 bits per heavy atom. The molecular formula is C18H37N3. The van der Waals surface area contributed by atoms with Gasteiger partial charge in [-0.15, -0.1) is 0 Å². The Bertz CT molecular complexity index is 310. The molecule has 1 saturated carbocycles. The second-order valence-corrected chi connectivity index (χ2v) is 8.57.